The number of ether oxygens (including phenoxy) is 2. The molecule has 1 saturated heterocycles. The number of aromatic hydroxyl groups is 2. The Labute approximate surface area is 259 Å². The number of hydrogen-bond acceptors (Lipinski definition) is 8. The molecule has 0 radical (unpaired) electrons. The molecule has 0 saturated carbocycles. The lowest BCUT2D eigenvalue weighted by Crippen LogP contribution is -2.50. The molecule has 236 valence electrons. The van der Waals surface area contributed by atoms with Gasteiger partial charge < -0.3 is 24.8 Å². The molecule has 8 nitrogen and oxygen atoms in total. The quantitative estimate of drug-likeness (QED) is 0.233. The molecule has 0 unspecified atom stereocenters. The van der Waals surface area contributed by atoms with E-state index in [2.05, 4.69) is 0 Å². The van der Waals surface area contributed by atoms with Gasteiger partial charge in [0.2, 0.25) is 5.79 Å². The van der Waals surface area contributed by atoms with Crippen LogP contribution in [0.2, 0.25) is 0 Å². The number of fused-ring (bicyclic) bond motifs is 4. The van der Waals surface area contributed by atoms with Crippen LogP contribution in [0.4, 0.5) is 0 Å². The van der Waals surface area contributed by atoms with Gasteiger partial charge in [-0.15, -0.1) is 0 Å². The Bertz CT molecular complexity index is 1610. The smallest absolute Gasteiger partial charge is 0.238 e. The highest BCUT2D eigenvalue weighted by molar-refractivity contribution is 6.19. The number of benzene rings is 2. The fourth-order valence-corrected chi connectivity index (χ4v) is 7.51. The maximum absolute atomic E-state index is 14.0. The Kier molecular flexibility index (Phi) is 7.17. The summed E-state index contributed by atoms with van der Waals surface area (Å²) in [4.78, 5) is 41.3. The summed E-state index contributed by atoms with van der Waals surface area (Å²) < 4.78 is 13.2. The van der Waals surface area contributed by atoms with Gasteiger partial charge in [0.25, 0.3) is 0 Å². The third kappa shape index (κ3) is 4.24. The Hall–Kier alpha value is -3.65. The van der Waals surface area contributed by atoms with E-state index in [1.54, 1.807) is 41.5 Å². The highest BCUT2D eigenvalue weighted by atomic mass is 16.7. The SMILES string of the molecule is CC(C)C(=O)c1c(O)c([C@H](C2=C(O)C(C)(C)C(=O)C(C)(C)C2=O)C(C)C)c(O)c2c1O[C@@]1(c3ccccc3)C[C@@H]2C(C)(C)O1. The van der Waals surface area contributed by atoms with E-state index in [1.807, 2.05) is 44.2 Å². The van der Waals surface area contributed by atoms with Crippen molar-refractivity contribution < 1.29 is 39.2 Å². The summed E-state index contributed by atoms with van der Waals surface area (Å²) in [5.41, 5.74) is -2.86. The molecule has 8 heteroatoms. The molecule has 3 N–H and O–H groups in total. The summed E-state index contributed by atoms with van der Waals surface area (Å²) in [6.07, 6.45) is 0.331. The van der Waals surface area contributed by atoms with Crippen molar-refractivity contribution in [2.75, 3.05) is 0 Å². The first-order chi connectivity index (χ1) is 20.2. The van der Waals surface area contributed by atoms with Crippen LogP contribution in [-0.2, 0) is 20.1 Å². The molecule has 2 aromatic rings. The first-order valence-electron chi connectivity index (χ1n) is 15.4. The minimum absolute atomic E-state index is 0.0443. The van der Waals surface area contributed by atoms with Crippen molar-refractivity contribution in [1.29, 1.82) is 0 Å². The van der Waals surface area contributed by atoms with Gasteiger partial charge in [-0.05, 0) is 47.5 Å². The van der Waals surface area contributed by atoms with E-state index in [-0.39, 0.29) is 28.2 Å². The number of carbonyl (C=O) groups excluding carboxylic acids is 3. The number of carbonyl (C=O) groups is 3. The van der Waals surface area contributed by atoms with Crippen molar-refractivity contribution in [3.05, 3.63) is 63.9 Å². The van der Waals surface area contributed by atoms with Gasteiger partial charge in [-0.2, -0.15) is 0 Å². The highest BCUT2D eigenvalue weighted by Crippen LogP contribution is 2.65. The second-order valence-corrected chi connectivity index (χ2v) is 14.8. The van der Waals surface area contributed by atoms with Crippen LogP contribution in [0, 0.1) is 22.7 Å². The molecular weight excluding hydrogens is 560 g/mol. The molecule has 44 heavy (non-hydrogen) atoms. The summed E-state index contributed by atoms with van der Waals surface area (Å²) in [5.74, 6) is -6.38. The van der Waals surface area contributed by atoms with Crippen molar-refractivity contribution in [2.45, 2.75) is 98.9 Å². The Morgan fingerprint density at radius 1 is 0.886 bits per heavy atom. The molecule has 3 atom stereocenters. The van der Waals surface area contributed by atoms with E-state index in [0.717, 1.165) is 5.56 Å². The fraction of sp³-hybridized carbons (Fsp3) is 0.528. The van der Waals surface area contributed by atoms with Crippen molar-refractivity contribution in [3.8, 4) is 17.2 Å². The van der Waals surface area contributed by atoms with Gasteiger partial charge in [-0.25, -0.2) is 0 Å². The molecule has 0 spiro atoms. The van der Waals surface area contributed by atoms with Crippen LogP contribution >= 0.6 is 0 Å². The lowest BCUT2D eigenvalue weighted by Gasteiger charge is -2.42. The molecule has 2 aliphatic heterocycles. The number of phenolic OH excluding ortho intramolecular Hbond substituents is 2. The molecule has 1 aliphatic carbocycles. The van der Waals surface area contributed by atoms with Gasteiger partial charge in [0, 0.05) is 46.4 Å². The Morgan fingerprint density at radius 2 is 1.48 bits per heavy atom. The van der Waals surface area contributed by atoms with Crippen LogP contribution in [0.15, 0.2) is 41.7 Å². The van der Waals surface area contributed by atoms with Crippen molar-refractivity contribution >= 4 is 17.3 Å². The number of aliphatic hydroxyl groups is 1. The Morgan fingerprint density at radius 3 is 2.02 bits per heavy atom. The zero-order chi connectivity index (χ0) is 32.9. The second kappa shape index (κ2) is 9.93. The highest BCUT2D eigenvalue weighted by Gasteiger charge is 2.61. The number of phenols is 2. The molecule has 0 amide bonds. The number of aliphatic hydroxyl groups excluding tert-OH is 1. The molecule has 2 aromatic carbocycles. The molecule has 2 heterocycles. The van der Waals surface area contributed by atoms with Crippen LogP contribution in [0.1, 0.15) is 115 Å². The predicted octanol–water partition coefficient (Wildman–Crippen LogP) is 7.22. The summed E-state index contributed by atoms with van der Waals surface area (Å²) in [6.45, 7) is 17.0. The van der Waals surface area contributed by atoms with Crippen molar-refractivity contribution in [1.82, 2.24) is 0 Å². The van der Waals surface area contributed by atoms with Crippen LogP contribution in [0.5, 0.6) is 17.2 Å². The van der Waals surface area contributed by atoms with E-state index in [4.69, 9.17) is 9.47 Å². The first-order valence-corrected chi connectivity index (χ1v) is 15.4. The second-order valence-electron chi connectivity index (χ2n) is 14.8. The molecule has 2 bridgehead atoms. The van der Waals surface area contributed by atoms with Gasteiger partial charge in [-0.1, -0.05) is 58.0 Å². The monoisotopic (exact) mass is 604 g/mol. The fourth-order valence-electron chi connectivity index (χ4n) is 7.51. The molecule has 5 rings (SSSR count). The van der Waals surface area contributed by atoms with Crippen LogP contribution in [0.25, 0.3) is 0 Å². The van der Waals surface area contributed by atoms with E-state index < -0.39 is 74.7 Å². The van der Waals surface area contributed by atoms with Gasteiger partial charge >= 0.3 is 0 Å². The number of ketones is 3. The van der Waals surface area contributed by atoms with Gasteiger partial charge in [0.15, 0.2) is 17.3 Å². The number of allylic oxidation sites excluding steroid dienone is 2. The Balaban J connectivity index is 1.88. The lowest BCUT2D eigenvalue weighted by atomic mass is 9.59. The summed E-state index contributed by atoms with van der Waals surface area (Å²) in [7, 11) is 0. The van der Waals surface area contributed by atoms with Gasteiger partial charge in [-0.3, -0.25) is 14.4 Å². The topological polar surface area (TPSA) is 130 Å². The number of hydrogen-bond donors (Lipinski definition) is 3. The lowest BCUT2D eigenvalue weighted by molar-refractivity contribution is -0.202. The molecule has 1 fully saturated rings. The third-order valence-corrected chi connectivity index (χ3v) is 9.90. The van der Waals surface area contributed by atoms with Crippen molar-refractivity contribution in [3.63, 3.8) is 0 Å². The van der Waals surface area contributed by atoms with Gasteiger partial charge in [0.1, 0.15) is 28.6 Å². The zero-order valence-electron chi connectivity index (χ0n) is 27.3. The predicted molar refractivity (Wildman–Crippen MR) is 165 cm³/mol. The van der Waals surface area contributed by atoms with E-state index in [9.17, 15) is 29.7 Å². The number of rotatable bonds is 6. The summed E-state index contributed by atoms with van der Waals surface area (Å²) in [6, 6.07) is 9.38. The van der Waals surface area contributed by atoms with E-state index >= 15 is 0 Å². The molecule has 0 aromatic heterocycles. The zero-order valence-corrected chi connectivity index (χ0v) is 27.3. The summed E-state index contributed by atoms with van der Waals surface area (Å²) >= 11 is 0. The number of Topliss-reactive ketones (excluding diaryl/α,β-unsaturated/α-hetero) is 3. The molecule has 3 aliphatic rings. The summed E-state index contributed by atoms with van der Waals surface area (Å²) in [5, 5.41) is 35.8. The largest absolute Gasteiger partial charge is 0.511 e. The first kappa shape index (κ1) is 31.8. The van der Waals surface area contributed by atoms with Crippen LogP contribution in [0.3, 0.4) is 0 Å². The average molecular weight is 605 g/mol. The van der Waals surface area contributed by atoms with E-state index in [1.165, 1.54) is 13.8 Å². The molecular formula is C36H44O8. The van der Waals surface area contributed by atoms with E-state index in [0.29, 0.717) is 12.0 Å². The standard InChI is InChI=1S/C36H44O8/c1-17(2)21(24-30(40)33(5,6)32(42)34(7,8)31(24)41)23-27(38)22-20-16-36(44-35(20,9)10,19-14-12-11-13-15-19)43-29(22)25(28(23)39)26(37)18(3)4/h11-15,17-18,20-21,38-40H,16H2,1-10H3/t20-,21+,36-/m0/s1. The maximum Gasteiger partial charge on any atom is 0.238 e. The normalized spacial score (nSPS) is 25.7. The van der Waals surface area contributed by atoms with Gasteiger partial charge in [0.05, 0.1) is 16.4 Å². The van der Waals surface area contributed by atoms with Crippen molar-refractivity contribution in [2.24, 2.45) is 22.7 Å². The van der Waals surface area contributed by atoms with Crippen LogP contribution in [-0.4, -0.2) is 38.3 Å². The third-order valence-electron chi connectivity index (χ3n) is 9.90. The van der Waals surface area contributed by atoms with Crippen LogP contribution < -0.4 is 4.74 Å². The minimum Gasteiger partial charge on any atom is -0.511 e. The average Bonchev–Trinajstić information content (AvgIpc) is 3.16. The maximum atomic E-state index is 14.0. The minimum atomic E-state index is -1.46.